The van der Waals surface area contributed by atoms with E-state index in [1.807, 2.05) is 24.4 Å². The van der Waals surface area contributed by atoms with Gasteiger partial charge in [0.25, 0.3) is 5.91 Å². The van der Waals surface area contributed by atoms with Crippen LogP contribution in [0.25, 0.3) is 20.8 Å². The first-order valence-corrected chi connectivity index (χ1v) is 21.6. The van der Waals surface area contributed by atoms with E-state index in [9.17, 15) is 24.0 Å². The molecule has 3 aromatic heterocycles. The van der Waals surface area contributed by atoms with E-state index < -0.39 is 48.1 Å². The summed E-state index contributed by atoms with van der Waals surface area (Å²) < 4.78 is 32.5. The number of thiophene rings is 1. The predicted octanol–water partition coefficient (Wildman–Crippen LogP) is 6.45. The van der Waals surface area contributed by atoms with E-state index in [2.05, 4.69) is 31.2 Å². The second kappa shape index (κ2) is 19.9. The number of nitrogens with one attached hydrogen (secondary N) is 4. The lowest BCUT2D eigenvalue weighted by molar-refractivity contribution is -0.156. The van der Waals surface area contributed by atoms with Crippen LogP contribution >= 0.6 is 11.3 Å². The zero-order valence-corrected chi connectivity index (χ0v) is 36.9. The van der Waals surface area contributed by atoms with Crippen molar-refractivity contribution in [3.05, 3.63) is 66.2 Å². The van der Waals surface area contributed by atoms with E-state index >= 15 is 4.39 Å². The molecule has 4 heterocycles. The van der Waals surface area contributed by atoms with Crippen LogP contribution < -0.4 is 26.0 Å². The number of rotatable bonds is 15. The maximum atomic E-state index is 15.0. The highest BCUT2D eigenvalue weighted by molar-refractivity contribution is 7.22. The van der Waals surface area contributed by atoms with Gasteiger partial charge in [-0.15, -0.1) is 11.3 Å². The number of alkyl carbamates (subject to hydrolysis) is 1. The van der Waals surface area contributed by atoms with Crippen LogP contribution in [-0.2, 0) is 30.4 Å². The molecule has 62 heavy (non-hydrogen) atoms. The highest BCUT2D eigenvalue weighted by atomic mass is 32.1. The molecule has 1 aromatic carbocycles. The van der Waals surface area contributed by atoms with E-state index in [0.717, 1.165) is 33.7 Å². The Labute approximate surface area is 364 Å². The van der Waals surface area contributed by atoms with Gasteiger partial charge < -0.3 is 40.4 Å². The number of aromatic nitrogens is 2. The Morgan fingerprint density at radius 2 is 1.61 bits per heavy atom. The summed E-state index contributed by atoms with van der Waals surface area (Å²) in [6, 6.07) is 9.64. The van der Waals surface area contributed by atoms with Crippen molar-refractivity contribution < 1.29 is 42.6 Å². The Bertz CT molecular complexity index is 2250. The van der Waals surface area contributed by atoms with Gasteiger partial charge in [0, 0.05) is 69.0 Å². The van der Waals surface area contributed by atoms with Crippen LogP contribution in [0.4, 0.5) is 19.7 Å². The van der Waals surface area contributed by atoms with E-state index in [-0.39, 0.29) is 35.6 Å². The molecule has 4 aromatic rings. The number of halogens is 1. The molecule has 2 aliphatic rings. The van der Waals surface area contributed by atoms with Gasteiger partial charge in [-0.2, -0.15) is 0 Å². The molecule has 0 bridgehead atoms. The molecule has 1 saturated carbocycles. The minimum atomic E-state index is -1.03. The smallest absolute Gasteiger partial charge is 0.408 e. The number of benzene rings is 1. The van der Waals surface area contributed by atoms with Crippen LogP contribution in [0.15, 0.2) is 54.9 Å². The second-order valence-corrected chi connectivity index (χ2v) is 18.2. The predicted molar refractivity (Wildman–Crippen MR) is 232 cm³/mol. The molecule has 1 aliphatic heterocycles. The van der Waals surface area contributed by atoms with Crippen LogP contribution in [0.2, 0.25) is 0 Å². The Kier molecular flexibility index (Phi) is 14.6. The third kappa shape index (κ3) is 12.6. The van der Waals surface area contributed by atoms with Crippen LogP contribution in [-0.4, -0.2) is 106 Å². The molecule has 0 unspecified atom stereocenters. The fourth-order valence-electron chi connectivity index (χ4n) is 6.58. The molecule has 6 rings (SSSR count). The molecule has 0 radical (unpaired) electrons. The number of fused-ring (bicyclic) bond motifs is 1. The van der Waals surface area contributed by atoms with E-state index in [0.29, 0.717) is 49.7 Å². The minimum absolute atomic E-state index is 0.0160. The number of carbonyl (C=O) groups is 5. The SMILES string of the molecule is CC(C)[C@H](NC(=O)OC(C)(C)C)C(=O)N[C@H](C(=O)OCC(=O)N1CCN(Cc2ccc(-c3cc4nccc(Oc5ccc(NC(=O)NC6CC6)cc5F)c4s3)nc2)CC1)C(C)C. The van der Waals surface area contributed by atoms with E-state index in [4.69, 9.17) is 19.2 Å². The summed E-state index contributed by atoms with van der Waals surface area (Å²) in [7, 11) is 0. The number of hydrogen-bond acceptors (Lipinski definition) is 12. The molecule has 1 aliphatic carbocycles. The number of urea groups is 1. The molecule has 2 atom stereocenters. The van der Waals surface area contributed by atoms with Gasteiger partial charge in [0.05, 0.1) is 20.8 Å². The Hall–Kier alpha value is -5.88. The first-order chi connectivity index (χ1) is 29.4. The van der Waals surface area contributed by atoms with Gasteiger partial charge in [-0.3, -0.25) is 24.5 Å². The molecule has 5 amide bonds. The Morgan fingerprint density at radius 3 is 2.24 bits per heavy atom. The third-order valence-electron chi connectivity index (χ3n) is 10.1. The van der Waals surface area contributed by atoms with Gasteiger partial charge in [-0.25, -0.2) is 18.8 Å². The highest BCUT2D eigenvalue weighted by Gasteiger charge is 2.33. The number of amides is 5. The molecule has 1 saturated heterocycles. The number of pyridine rings is 2. The molecular formula is C44H55FN8O8S. The number of anilines is 1. The molecule has 2 fully saturated rings. The summed E-state index contributed by atoms with van der Waals surface area (Å²) in [6.07, 6.45) is 4.57. The summed E-state index contributed by atoms with van der Waals surface area (Å²) in [6.45, 7) is 14.4. The van der Waals surface area contributed by atoms with Crippen LogP contribution in [0.1, 0.15) is 66.9 Å². The normalized spacial score (nSPS) is 15.5. The number of piperazine rings is 1. The molecule has 0 spiro atoms. The van der Waals surface area contributed by atoms with Crippen LogP contribution in [0, 0.1) is 17.7 Å². The number of esters is 1. The summed E-state index contributed by atoms with van der Waals surface area (Å²) in [5, 5.41) is 10.7. The van der Waals surface area contributed by atoms with Gasteiger partial charge in [-0.1, -0.05) is 33.8 Å². The number of hydrogen-bond donors (Lipinski definition) is 4. The quantitative estimate of drug-likeness (QED) is 0.0960. The second-order valence-electron chi connectivity index (χ2n) is 17.2. The maximum Gasteiger partial charge on any atom is 0.408 e. The molecular weight excluding hydrogens is 820 g/mol. The number of nitrogens with zero attached hydrogens (tertiary/aromatic N) is 4. The zero-order chi connectivity index (χ0) is 44.7. The summed E-state index contributed by atoms with van der Waals surface area (Å²) in [5.74, 6) is -2.44. The van der Waals surface area contributed by atoms with E-state index in [1.165, 1.54) is 23.5 Å². The van der Waals surface area contributed by atoms with Gasteiger partial charge in [-0.05, 0) is 75.3 Å². The van der Waals surface area contributed by atoms with Crippen LogP contribution in [0.3, 0.4) is 0 Å². The monoisotopic (exact) mass is 874 g/mol. The lowest BCUT2D eigenvalue weighted by Crippen LogP contribution is -2.56. The molecule has 16 nitrogen and oxygen atoms in total. The summed E-state index contributed by atoms with van der Waals surface area (Å²) >= 11 is 1.43. The fraction of sp³-hybridized carbons (Fsp3) is 0.477. The van der Waals surface area contributed by atoms with Gasteiger partial charge >= 0.3 is 18.1 Å². The average Bonchev–Trinajstić information content (AvgIpc) is 3.91. The first-order valence-electron chi connectivity index (χ1n) is 20.8. The summed E-state index contributed by atoms with van der Waals surface area (Å²) in [5.41, 5.74) is 1.99. The van der Waals surface area contributed by atoms with Crippen molar-refractivity contribution in [1.82, 2.24) is 35.7 Å². The topological polar surface area (TPSA) is 193 Å². The molecule has 332 valence electrons. The molecule has 4 N–H and O–H groups in total. The first kappa shape index (κ1) is 45.6. The van der Waals surface area contributed by atoms with Gasteiger partial charge in [0.2, 0.25) is 5.91 Å². The zero-order valence-electron chi connectivity index (χ0n) is 36.1. The Balaban J connectivity index is 0.966. The minimum Gasteiger partial charge on any atom is -0.454 e. The fourth-order valence-corrected chi connectivity index (χ4v) is 7.63. The van der Waals surface area contributed by atoms with Crippen molar-refractivity contribution in [1.29, 1.82) is 0 Å². The van der Waals surface area contributed by atoms with Crippen molar-refractivity contribution in [2.24, 2.45) is 11.8 Å². The standard InChI is InChI=1S/C44H55FN8O8S/c1-25(2)37(51-43(58)61-44(5,6)7)40(55)50-38(26(3)4)41(56)59-24-36(54)53-18-16-52(17-19-53)23-27-8-12-31(47-22-27)35-21-32-39(62-35)34(14-15-46-32)60-33-13-11-29(20-30(33)45)49-42(57)48-28-9-10-28/h8,11-15,20-22,25-26,28,37-38H,9-10,16-19,23-24H2,1-7H3,(H,50,55)(H,51,58)(H2,48,49,57)/t37-,38-/m0/s1. The van der Waals surface area contributed by atoms with Crippen molar-refractivity contribution >= 4 is 57.1 Å². The lowest BCUT2D eigenvalue weighted by Gasteiger charge is -2.34. The van der Waals surface area contributed by atoms with Crippen molar-refractivity contribution in [3.8, 4) is 22.1 Å². The van der Waals surface area contributed by atoms with Crippen LogP contribution in [0.5, 0.6) is 11.5 Å². The van der Waals surface area contributed by atoms with E-state index in [1.54, 1.807) is 71.7 Å². The highest BCUT2D eigenvalue weighted by Crippen LogP contribution is 2.39. The summed E-state index contributed by atoms with van der Waals surface area (Å²) in [4.78, 5) is 77.7. The number of ether oxygens (including phenoxy) is 3. The van der Waals surface area contributed by atoms with Crippen molar-refractivity contribution in [2.45, 2.75) is 91.6 Å². The lowest BCUT2D eigenvalue weighted by atomic mass is 10.0. The number of carbonyl (C=O) groups excluding carboxylic acids is 5. The third-order valence-corrected chi connectivity index (χ3v) is 11.2. The average molecular weight is 875 g/mol. The largest absolute Gasteiger partial charge is 0.454 e. The van der Waals surface area contributed by atoms with Crippen molar-refractivity contribution in [3.63, 3.8) is 0 Å². The molecule has 18 heteroatoms. The maximum absolute atomic E-state index is 15.0. The van der Waals surface area contributed by atoms with Gasteiger partial charge in [0.15, 0.2) is 18.2 Å². The van der Waals surface area contributed by atoms with Crippen molar-refractivity contribution in [2.75, 3.05) is 38.1 Å². The van der Waals surface area contributed by atoms with Gasteiger partial charge in [0.1, 0.15) is 23.4 Å². The Morgan fingerprint density at radius 1 is 0.887 bits per heavy atom.